The molecular weight excluding hydrogens is 687 g/mol. The molecule has 0 atom stereocenters. The first kappa shape index (κ1) is 29.9. The first-order chi connectivity index (χ1) is 25.8. The molecule has 3 aromatic heterocycles. The molecule has 0 aliphatic rings. The predicted molar refractivity (Wildman–Crippen MR) is 231 cm³/mol. The monoisotopic (exact) mass is 715 g/mol. The lowest BCUT2D eigenvalue weighted by Crippen LogP contribution is -2.09. The van der Waals surface area contributed by atoms with E-state index < -0.39 is 0 Å². The van der Waals surface area contributed by atoms with Crippen LogP contribution in [0.25, 0.3) is 82.8 Å². The molecule has 0 unspecified atom stereocenters. The SMILES string of the molecule is c1ccc2c(c1)sc1cc(N(c3ccc(-c4cccc5c4sc4ccccc45)cc3)c3ccc(-c4cccc5sc6ccccc6c45)cc3)ccc12. The molecule has 244 valence electrons. The minimum Gasteiger partial charge on any atom is -0.310 e. The number of thiophene rings is 3. The van der Waals surface area contributed by atoms with Crippen LogP contribution in [0.4, 0.5) is 17.1 Å². The molecule has 0 radical (unpaired) electrons. The highest BCUT2D eigenvalue weighted by atomic mass is 32.1. The molecule has 0 fully saturated rings. The highest BCUT2D eigenvalue weighted by Gasteiger charge is 2.17. The van der Waals surface area contributed by atoms with Crippen molar-refractivity contribution in [1.29, 1.82) is 0 Å². The molecule has 11 aromatic rings. The fourth-order valence-electron chi connectivity index (χ4n) is 7.87. The van der Waals surface area contributed by atoms with Gasteiger partial charge in [-0.15, -0.1) is 34.0 Å². The largest absolute Gasteiger partial charge is 0.310 e. The van der Waals surface area contributed by atoms with E-state index in [4.69, 9.17) is 0 Å². The van der Waals surface area contributed by atoms with Crippen molar-refractivity contribution in [2.75, 3.05) is 4.90 Å². The van der Waals surface area contributed by atoms with E-state index in [0.29, 0.717) is 0 Å². The first-order valence-corrected chi connectivity index (χ1v) is 19.9. The summed E-state index contributed by atoms with van der Waals surface area (Å²) in [5.41, 5.74) is 8.42. The third-order valence-electron chi connectivity index (χ3n) is 10.3. The highest BCUT2D eigenvalue weighted by molar-refractivity contribution is 7.26. The average molecular weight is 716 g/mol. The fraction of sp³-hybridized carbons (Fsp3) is 0. The lowest BCUT2D eigenvalue weighted by molar-refractivity contribution is 1.29. The molecule has 0 amide bonds. The van der Waals surface area contributed by atoms with Crippen molar-refractivity contribution < 1.29 is 0 Å². The number of hydrogen-bond acceptors (Lipinski definition) is 4. The summed E-state index contributed by atoms with van der Waals surface area (Å²) < 4.78 is 7.94. The van der Waals surface area contributed by atoms with Gasteiger partial charge in [-0.3, -0.25) is 0 Å². The lowest BCUT2D eigenvalue weighted by Gasteiger charge is -2.26. The van der Waals surface area contributed by atoms with Crippen molar-refractivity contribution in [3.05, 3.63) is 176 Å². The maximum atomic E-state index is 2.40. The Morgan fingerprint density at radius 1 is 0.308 bits per heavy atom. The number of rotatable bonds is 5. The van der Waals surface area contributed by atoms with Crippen molar-refractivity contribution in [3.63, 3.8) is 0 Å². The molecular formula is C48H29NS3. The van der Waals surface area contributed by atoms with Crippen LogP contribution in [0.3, 0.4) is 0 Å². The maximum Gasteiger partial charge on any atom is 0.0476 e. The smallest absolute Gasteiger partial charge is 0.0476 e. The summed E-state index contributed by atoms with van der Waals surface area (Å²) in [6.45, 7) is 0. The predicted octanol–water partition coefficient (Wildman–Crippen LogP) is 15.6. The molecule has 1 nitrogen and oxygen atoms in total. The van der Waals surface area contributed by atoms with E-state index in [0.717, 1.165) is 17.1 Å². The molecule has 0 spiro atoms. The van der Waals surface area contributed by atoms with Crippen LogP contribution in [0, 0.1) is 0 Å². The number of nitrogens with zero attached hydrogens (tertiary/aromatic N) is 1. The average Bonchev–Trinajstić information content (AvgIpc) is 3.90. The molecule has 0 bridgehead atoms. The summed E-state index contributed by atoms with van der Waals surface area (Å²) in [5, 5.41) is 7.95. The van der Waals surface area contributed by atoms with Gasteiger partial charge in [-0.1, -0.05) is 115 Å². The third-order valence-corrected chi connectivity index (χ3v) is 13.8. The van der Waals surface area contributed by atoms with Gasteiger partial charge in [0.25, 0.3) is 0 Å². The van der Waals surface area contributed by atoms with Gasteiger partial charge in [0.05, 0.1) is 0 Å². The summed E-state index contributed by atoms with van der Waals surface area (Å²) in [6, 6.07) is 64.8. The minimum atomic E-state index is 1.13. The molecule has 0 aliphatic heterocycles. The quantitative estimate of drug-likeness (QED) is 0.171. The molecule has 0 aliphatic carbocycles. The normalized spacial score (nSPS) is 11.8. The van der Waals surface area contributed by atoms with Gasteiger partial charge < -0.3 is 4.90 Å². The van der Waals surface area contributed by atoms with Crippen LogP contribution in [-0.4, -0.2) is 0 Å². The van der Waals surface area contributed by atoms with Crippen LogP contribution in [0.15, 0.2) is 176 Å². The standard InChI is InChI=1S/C48H29NS3/c1-4-15-42-37(9-1)39-28-27-34(29-46(39)51-42)49(32-23-19-30(20-24-32)35-12-8-18-45-47(35)41-11-3-6-17-44(41)50-45)33-25-21-31(22-26-33)36-13-7-14-40-38-10-2-5-16-43(38)52-48(36)40/h1-29H. The van der Waals surface area contributed by atoms with Gasteiger partial charge in [-0.2, -0.15) is 0 Å². The topological polar surface area (TPSA) is 3.24 Å². The lowest BCUT2D eigenvalue weighted by atomic mass is 9.99. The molecule has 0 saturated carbocycles. The molecule has 3 heterocycles. The van der Waals surface area contributed by atoms with Crippen molar-refractivity contribution in [1.82, 2.24) is 0 Å². The van der Waals surface area contributed by atoms with E-state index in [1.807, 2.05) is 34.0 Å². The van der Waals surface area contributed by atoms with Crippen molar-refractivity contribution in [3.8, 4) is 22.3 Å². The second kappa shape index (κ2) is 11.9. The number of fused-ring (bicyclic) bond motifs is 9. The van der Waals surface area contributed by atoms with E-state index in [1.54, 1.807) is 0 Å². The van der Waals surface area contributed by atoms with E-state index in [9.17, 15) is 0 Å². The summed E-state index contributed by atoms with van der Waals surface area (Å²) in [4.78, 5) is 2.40. The Kier molecular flexibility index (Phi) is 6.84. The molecule has 4 heteroatoms. The summed E-state index contributed by atoms with van der Waals surface area (Å²) in [5.74, 6) is 0. The maximum absolute atomic E-state index is 2.40. The van der Waals surface area contributed by atoms with Crippen LogP contribution in [0.2, 0.25) is 0 Å². The van der Waals surface area contributed by atoms with Gasteiger partial charge in [0.1, 0.15) is 0 Å². The molecule has 0 saturated heterocycles. The summed E-state index contributed by atoms with van der Waals surface area (Å²) >= 11 is 5.62. The molecule has 0 N–H and O–H groups in total. The Morgan fingerprint density at radius 2 is 0.788 bits per heavy atom. The van der Waals surface area contributed by atoms with E-state index in [2.05, 4.69) is 181 Å². The van der Waals surface area contributed by atoms with Crippen molar-refractivity contribution in [2.24, 2.45) is 0 Å². The fourth-order valence-corrected chi connectivity index (χ4v) is 11.4. The number of anilines is 3. The van der Waals surface area contributed by atoms with Crippen LogP contribution in [0.1, 0.15) is 0 Å². The van der Waals surface area contributed by atoms with Gasteiger partial charge in [0.15, 0.2) is 0 Å². The van der Waals surface area contributed by atoms with Gasteiger partial charge in [0, 0.05) is 77.6 Å². The van der Waals surface area contributed by atoms with E-state index >= 15 is 0 Å². The van der Waals surface area contributed by atoms with Gasteiger partial charge in [-0.25, -0.2) is 0 Å². The Balaban J connectivity index is 1.04. The Bertz CT molecular complexity index is 3130. The van der Waals surface area contributed by atoms with Crippen LogP contribution < -0.4 is 4.90 Å². The van der Waals surface area contributed by atoms with Crippen molar-refractivity contribution in [2.45, 2.75) is 0 Å². The van der Waals surface area contributed by atoms with E-state index in [1.165, 1.54) is 82.8 Å². The van der Waals surface area contributed by atoms with Crippen molar-refractivity contribution >= 4 is 112 Å². The second-order valence-electron chi connectivity index (χ2n) is 13.3. The zero-order valence-electron chi connectivity index (χ0n) is 27.9. The van der Waals surface area contributed by atoms with Gasteiger partial charge >= 0.3 is 0 Å². The Labute approximate surface area is 312 Å². The number of benzene rings is 8. The zero-order chi connectivity index (χ0) is 34.2. The summed E-state index contributed by atoms with van der Waals surface area (Å²) in [7, 11) is 0. The third kappa shape index (κ3) is 4.72. The summed E-state index contributed by atoms with van der Waals surface area (Å²) in [6.07, 6.45) is 0. The molecule has 52 heavy (non-hydrogen) atoms. The second-order valence-corrected chi connectivity index (χ2v) is 16.5. The van der Waals surface area contributed by atoms with Gasteiger partial charge in [-0.05, 0) is 82.9 Å². The zero-order valence-corrected chi connectivity index (χ0v) is 30.4. The van der Waals surface area contributed by atoms with Gasteiger partial charge in [0.2, 0.25) is 0 Å². The first-order valence-electron chi connectivity index (χ1n) is 17.5. The van der Waals surface area contributed by atoms with Crippen LogP contribution in [0.5, 0.6) is 0 Å². The number of hydrogen-bond donors (Lipinski definition) is 0. The van der Waals surface area contributed by atoms with E-state index in [-0.39, 0.29) is 0 Å². The highest BCUT2D eigenvalue weighted by Crippen LogP contribution is 2.45. The Hall–Kier alpha value is -5.78. The Morgan fingerprint density at radius 3 is 1.52 bits per heavy atom. The molecule has 11 rings (SSSR count). The minimum absolute atomic E-state index is 1.13. The molecule has 8 aromatic carbocycles. The van der Waals surface area contributed by atoms with Crippen LogP contribution in [-0.2, 0) is 0 Å². The van der Waals surface area contributed by atoms with Crippen LogP contribution >= 0.6 is 34.0 Å².